The number of aryl methyl sites for hydroxylation is 3. The van der Waals surface area contributed by atoms with Crippen molar-refractivity contribution >= 4 is 33.3 Å². The first-order valence-corrected chi connectivity index (χ1v) is 12.6. The lowest BCUT2D eigenvalue weighted by Crippen LogP contribution is -2.69. The second-order valence-corrected chi connectivity index (χ2v) is 10.1. The SMILES string of the molecule is Cc1ccccc1C(=O)C(O)[C@@H]1O[C@@H](Br)[C@@](O)(C(=O)c2ccccc2C)[C@]1(O)C(=O)c1ccccc1C. The minimum absolute atomic E-state index is 0.00625. The first-order chi connectivity index (χ1) is 17.5. The molecule has 3 aromatic carbocycles. The third kappa shape index (κ3) is 4.19. The van der Waals surface area contributed by atoms with Crippen molar-refractivity contribution in [3.8, 4) is 0 Å². The number of alkyl halides is 1. The minimum atomic E-state index is -3.04. The maximum absolute atomic E-state index is 14.0. The zero-order valence-electron chi connectivity index (χ0n) is 20.5. The highest BCUT2D eigenvalue weighted by atomic mass is 79.9. The summed E-state index contributed by atoms with van der Waals surface area (Å²) in [5.74, 6) is -2.88. The van der Waals surface area contributed by atoms with Gasteiger partial charge in [-0.15, -0.1) is 0 Å². The number of carbonyl (C=O) groups is 3. The molecule has 0 bridgehead atoms. The number of hydrogen-bond acceptors (Lipinski definition) is 7. The number of benzene rings is 3. The lowest BCUT2D eigenvalue weighted by atomic mass is 9.70. The topological polar surface area (TPSA) is 121 Å². The summed E-state index contributed by atoms with van der Waals surface area (Å²) >= 11 is 3.12. The van der Waals surface area contributed by atoms with Crippen molar-refractivity contribution in [1.82, 2.24) is 0 Å². The summed E-state index contributed by atoms with van der Waals surface area (Å²) in [5.41, 5.74) is -4.22. The highest BCUT2D eigenvalue weighted by Gasteiger charge is 2.74. The van der Waals surface area contributed by atoms with Crippen molar-refractivity contribution in [1.29, 1.82) is 0 Å². The van der Waals surface area contributed by atoms with E-state index in [0.717, 1.165) is 0 Å². The maximum atomic E-state index is 14.0. The summed E-state index contributed by atoms with van der Waals surface area (Å²) < 4.78 is 5.71. The molecule has 1 fully saturated rings. The molecule has 5 atom stereocenters. The van der Waals surface area contributed by atoms with Crippen LogP contribution in [0.1, 0.15) is 47.8 Å². The number of Topliss-reactive ketones (excluding diaryl/α,β-unsaturated/α-hetero) is 3. The van der Waals surface area contributed by atoms with Crippen LogP contribution >= 0.6 is 15.9 Å². The Balaban J connectivity index is 1.91. The van der Waals surface area contributed by atoms with Gasteiger partial charge in [-0.3, -0.25) is 14.4 Å². The highest BCUT2D eigenvalue weighted by molar-refractivity contribution is 9.09. The van der Waals surface area contributed by atoms with Gasteiger partial charge in [-0.25, -0.2) is 0 Å². The molecule has 0 saturated carbocycles. The molecular formula is C29H27BrO7. The molecule has 1 aliphatic heterocycles. The van der Waals surface area contributed by atoms with E-state index in [2.05, 4.69) is 15.9 Å². The zero-order valence-corrected chi connectivity index (χ0v) is 22.1. The van der Waals surface area contributed by atoms with E-state index in [0.29, 0.717) is 16.7 Å². The van der Waals surface area contributed by atoms with Crippen LogP contribution in [-0.2, 0) is 4.74 Å². The van der Waals surface area contributed by atoms with Gasteiger partial charge < -0.3 is 20.1 Å². The van der Waals surface area contributed by atoms with Gasteiger partial charge in [-0.1, -0.05) is 88.7 Å². The van der Waals surface area contributed by atoms with Gasteiger partial charge in [0, 0.05) is 16.7 Å². The highest BCUT2D eigenvalue weighted by Crippen LogP contribution is 2.48. The van der Waals surface area contributed by atoms with E-state index < -0.39 is 45.8 Å². The molecule has 3 aromatic rings. The summed E-state index contributed by atoms with van der Waals surface area (Å²) in [5, 5.41) is 33.7. The molecule has 7 nitrogen and oxygen atoms in total. The fourth-order valence-corrected chi connectivity index (χ4v) is 5.60. The summed E-state index contributed by atoms with van der Waals surface area (Å²) in [6, 6.07) is 19.2. The van der Waals surface area contributed by atoms with Crippen molar-refractivity contribution in [3.63, 3.8) is 0 Å². The summed E-state index contributed by atoms with van der Waals surface area (Å²) in [4.78, 5) is 41.2. The number of aliphatic hydroxyl groups excluding tert-OH is 1. The van der Waals surface area contributed by atoms with Gasteiger partial charge in [-0.05, 0) is 37.5 Å². The Morgan fingerprint density at radius 2 is 1.11 bits per heavy atom. The third-order valence-corrected chi connectivity index (χ3v) is 7.90. The zero-order chi connectivity index (χ0) is 27.1. The molecule has 1 saturated heterocycles. The molecule has 4 rings (SSSR count). The van der Waals surface area contributed by atoms with E-state index in [1.807, 2.05) is 0 Å². The Hall–Kier alpha value is -3.01. The van der Waals surface area contributed by atoms with E-state index in [4.69, 9.17) is 4.74 Å². The first-order valence-electron chi connectivity index (χ1n) is 11.7. The first kappa shape index (κ1) is 27.0. The van der Waals surface area contributed by atoms with Crippen molar-refractivity contribution in [3.05, 3.63) is 106 Å². The Morgan fingerprint density at radius 3 is 1.54 bits per heavy atom. The van der Waals surface area contributed by atoms with Crippen molar-refractivity contribution in [2.75, 3.05) is 0 Å². The summed E-state index contributed by atoms with van der Waals surface area (Å²) in [6.45, 7) is 4.95. The van der Waals surface area contributed by atoms with Gasteiger partial charge >= 0.3 is 0 Å². The number of hydrogen-bond donors (Lipinski definition) is 3. The van der Waals surface area contributed by atoms with Crippen molar-refractivity contribution in [2.24, 2.45) is 0 Å². The summed E-state index contributed by atoms with van der Waals surface area (Å²) in [6.07, 6.45) is -4.06. The second kappa shape index (κ2) is 10.0. The van der Waals surface area contributed by atoms with Gasteiger partial charge in [0.25, 0.3) is 0 Å². The summed E-state index contributed by atoms with van der Waals surface area (Å²) in [7, 11) is 0. The molecular weight excluding hydrogens is 540 g/mol. The predicted octanol–water partition coefficient (Wildman–Crippen LogP) is 3.50. The Labute approximate surface area is 222 Å². The van der Waals surface area contributed by atoms with Crippen LogP contribution < -0.4 is 0 Å². The van der Waals surface area contributed by atoms with Crippen LogP contribution in [0.25, 0.3) is 0 Å². The normalized spacial score (nSPS) is 26.0. The molecule has 1 unspecified atom stereocenters. The lowest BCUT2D eigenvalue weighted by molar-refractivity contribution is -0.105. The molecule has 37 heavy (non-hydrogen) atoms. The molecule has 0 spiro atoms. The largest absolute Gasteiger partial charge is 0.382 e. The van der Waals surface area contributed by atoms with Crippen LogP contribution in [0.3, 0.4) is 0 Å². The number of aliphatic hydroxyl groups is 3. The van der Waals surface area contributed by atoms with Crippen molar-refractivity contribution in [2.45, 2.75) is 49.2 Å². The average molecular weight is 567 g/mol. The predicted molar refractivity (Wildman–Crippen MR) is 140 cm³/mol. The van der Waals surface area contributed by atoms with E-state index >= 15 is 0 Å². The molecule has 192 valence electrons. The quantitative estimate of drug-likeness (QED) is 0.295. The molecule has 0 radical (unpaired) electrons. The molecule has 8 heteroatoms. The van der Waals surface area contributed by atoms with E-state index in [-0.39, 0.29) is 16.7 Å². The van der Waals surface area contributed by atoms with Gasteiger partial charge in [0.1, 0.15) is 12.2 Å². The molecule has 1 aliphatic rings. The Kier molecular flexibility index (Phi) is 7.34. The number of halogens is 1. The van der Waals surface area contributed by atoms with E-state index in [1.54, 1.807) is 75.4 Å². The number of carbonyl (C=O) groups excluding carboxylic acids is 3. The molecule has 0 amide bonds. The van der Waals surface area contributed by atoms with Crippen LogP contribution in [0.2, 0.25) is 0 Å². The second-order valence-electron chi connectivity index (χ2n) is 9.32. The van der Waals surface area contributed by atoms with Gasteiger partial charge in [0.2, 0.25) is 17.2 Å². The van der Waals surface area contributed by atoms with Gasteiger partial charge in [-0.2, -0.15) is 0 Å². The van der Waals surface area contributed by atoms with Gasteiger partial charge in [0.15, 0.2) is 16.4 Å². The maximum Gasteiger partial charge on any atom is 0.203 e. The molecule has 1 heterocycles. The monoisotopic (exact) mass is 566 g/mol. The number of ketones is 3. The van der Waals surface area contributed by atoms with Crippen LogP contribution in [0.15, 0.2) is 72.8 Å². The van der Waals surface area contributed by atoms with Crippen LogP contribution in [0, 0.1) is 20.8 Å². The van der Waals surface area contributed by atoms with Crippen LogP contribution in [0.5, 0.6) is 0 Å². The lowest BCUT2D eigenvalue weighted by Gasteiger charge is -2.39. The minimum Gasteiger partial charge on any atom is -0.382 e. The fraction of sp³-hybridized carbons (Fsp3) is 0.276. The molecule has 0 aromatic heterocycles. The number of rotatable bonds is 7. The van der Waals surface area contributed by atoms with Crippen molar-refractivity contribution < 1.29 is 34.4 Å². The van der Waals surface area contributed by atoms with E-state index in [9.17, 15) is 29.7 Å². The van der Waals surface area contributed by atoms with Gasteiger partial charge in [0.05, 0.1) is 0 Å². The third-order valence-electron chi connectivity index (χ3n) is 7.03. The molecule has 3 N–H and O–H groups in total. The Bertz CT molecular complexity index is 1390. The van der Waals surface area contributed by atoms with E-state index in [1.165, 1.54) is 18.2 Å². The average Bonchev–Trinajstić information content (AvgIpc) is 3.10. The van der Waals surface area contributed by atoms with Crippen LogP contribution in [0.4, 0.5) is 0 Å². The van der Waals surface area contributed by atoms with Crippen LogP contribution in [-0.4, -0.2) is 61.1 Å². The number of ether oxygens (including phenoxy) is 1. The standard InChI is InChI=1S/C29H27BrO7/c1-16-10-4-7-13-19(16)22(31)23(32)26-28(35,24(33)20-14-8-5-11-17(20)2)29(36,27(30)37-26)25(34)21-15-9-6-12-18(21)3/h4-15,23,26-27,32,35-36H,1-3H3/t23?,26-,27+,28-,29-/m0/s1. The fourth-order valence-electron chi connectivity index (χ4n) is 4.81. The molecule has 0 aliphatic carbocycles. The smallest absolute Gasteiger partial charge is 0.203 e. The Morgan fingerprint density at radius 1 is 0.730 bits per heavy atom.